The highest BCUT2D eigenvalue weighted by atomic mass is 32.2. The number of hydrogen-bond donors (Lipinski definition) is 0. The minimum Gasteiger partial charge on any atom is -0.431 e. The van der Waals surface area contributed by atoms with Gasteiger partial charge in [-0.05, 0) is 17.9 Å². The zero-order chi connectivity index (χ0) is 14.5. The van der Waals surface area contributed by atoms with E-state index in [4.69, 9.17) is 4.74 Å². The van der Waals surface area contributed by atoms with E-state index in [0.29, 0.717) is 5.76 Å². The fraction of sp³-hybridized carbons (Fsp3) is 0.438. The maximum atomic E-state index is 11.1. The van der Waals surface area contributed by atoms with E-state index in [-0.39, 0.29) is 11.4 Å². The highest BCUT2D eigenvalue weighted by molar-refractivity contribution is 8.02. The summed E-state index contributed by atoms with van der Waals surface area (Å²) >= 11 is 1.73. The van der Waals surface area contributed by atoms with E-state index >= 15 is 0 Å². The second-order valence-corrected chi connectivity index (χ2v) is 6.49. The molecule has 0 atom stereocenters. The Kier molecular flexibility index (Phi) is 5.67. The summed E-state index contributed by atoms with van der Waals surface area (Å²) in [6.45, 7) is 9.69. The molecular weight excluding hydrogens is 256 g/mol. The Labute approximate surface area is 120 Å². The standard InChI is InChI=1S/C16H22O2S/c1-12(18-13(2)17)15(16(3,4)5)19-11-14-9-7-6-8-10-14/h6-10H,11H2,1-5H3/b15-12+. The lowest BCUT2D eigenvalue weighted by Gasteiger charge is -2.24. The number of carbonyl (C=O) groups excluding carboxylic acids is 1. The summed E-state index contributed by atoms with van der Waals surface area (Å²) < 4.78 is 5.25. The molecule has 0 saturated carbocycles. The predicted octanol–water partition coefficient (Wildman–Crippen LogP) is 4.76. The summed E-state index contributed by atoms with van der Waals surface area (Å²) in [6.07, 6.45) is 0. The largest absolute Gasteiger partial charge is 0.431 e. The van der Waals surface area contributed by atoms with Crippen LogP contribution in [0.25, 0.3) is 0 Å². The van der Waals surface area contributed by atoms with E-state index in [1.165, 1.54) is 12.5 Å². The third-order valence-electron chi connectivity index (χ3n) is 2.52. The average Bonchev–Trinajstić information content (AvgIpc) is 2.27. The van der Waals surface area contributed by atoms with Crippen molar-refractivity contribution in [3.8, 4) is 0 Å². The van der Waals surface area contributed by atoms with Crippen LogP contribution in [0, 0.1) is 5.41 Å². The van der Waals surface area contributed by atoms with Gasteiger partial charge in [-0.1, -0.05) is 51.1 Å². The van der Waals surface area contributed by atoms with Crippen LogP contribution in [0.2, 0.25) is 0 Å². The van der Waals surface area contributed by atoms with E-state index in [1.54, 1.807) is 11.8 Å². The molecule has 0 aromatic heterocycles. The Morgan fingerprint density at radius 2 is 1.74 bits per heavy atom. The van der Waals surface area contributed by atoms with E-state index in [2.05, 4.69) is 32.9 Å². The van der Waals surface area contributed by atoms with E-state index in [1.807, 2.05) is 25.1 Å². The maximum absolute atomic E-state index is 11.1. The average molecular weight is 278 g/mol. The Hall–Kier alpha value is -1.22. The number of carbonyl (C=O) groups is 1. The summed E-state index contributed by atoms with van der Waals surface area (Å²) in [5, 5.41) is 0. The molecule has 0 aliphatic carbocycles. The van der Waals surface area contributed by atoms with Gasteiger partial charge in [-0.2, -0.15) is 0 Å². The number of rotatable bonds is 4. The summed E-state index contributed by atoms with van der Waals surface area (Å²) in [5.41, 5.74) is 1.24. The lowest BCUT2D eigenvalue weighted by molar-refractivity contribution is -0.136. The van der Waals surface area contributed by atoms with Crippen LogP contribution in [0.4, 0.5) is 0 Å². The van der Waals surface area contributed by atoms with Gasteiger partial charge < -0.3 is 4.74 Å². The Bertz CT molecular complexity index is 455. The molecular formula is C16H22O2S. The molecule has 2 nitrogen and oxygen atoms in total. The SMILES string of the molecule is CC(=O)O/C(C)=C(/SCc1ccccc1)C(C)(C)C. The predicted molar refractivity (Wildman–Crippen MR) is 81.7 cm³/mol. The van der Waals surface area contributed by atoms with Gasteiger partial charge >= 0.3 is 5.97 Å². The van der Waals surface area contributed by atoms with Crippen molar-refractivity contribution >= 4 is 17.7 Å². The molecule has 3 heteroatoms. The van der Waals surface area contributed by atoms with Gasteiger partial charge in [0.1, 0.15) is 5.76 Å². The summed E-state index contributed by atoms with van der Waals surface area (Å²) in [6, 6.07) is 10.3. The van der Waals surface area contributed by atoms with Crippen LogP contribution in [-0.4, -0.2) is 5.97 Å². The minimum atomic E-state index is -0.264. The van der Waals surface area contributed by atoms with Crippen molar-refractivity contribution in [1.29, 1.82) is 0 Å². The smallest absolute Gasteiger partial charge is 0.307 e. The lowest BCUT2D eigenvalue weighted by Crippen LogP contribution is -2.11. The Balaban J connectivity index is 2.85. The zero-order valence-electron chi connectivity index (χ0n) is 12.3. The van der Waals surface area contributed by atoms with Crippen LogP contribution in [-0.2, 0) is 15.3 Å². The highest BCUT2D eigenvalue weighted by Gasteiger charge is 2.22. The maximum Gasteiger partial charge on any atom is 0.307 e. The second kappa shape index (κ2) is 6.80. The summed E-state index contributed by atoms with van der Waals surface area (Å²) in [4.78, 5) is 12.2. The Morgan fingerprint density at radius 1 is 1.16 bits per heavy atom. The Morgan fingerprint density at radius 3 is 2.21 bits per heavy atom. The van der Waals surface area contributed by atoms with Crippen LogP contribution < -0.4 is 0 Å². The van der Waals surface area contributed by atoms with Crippen LogP contribution in [0.5, 0.6) is 0 Å². The molecule has 19 heavy (non-hydrogen) atoms. The molecule has 0 N–H and O–H groups in total. The zero-order valence-corrected chi connectivity index (χ0v) is 13.1. The van der Waals surface area contributed by atoms with Gasteiger partial charge in [-0.15, -0.1) is 11.8 Å². The molecule has 0 aliphatic rings. The van der Waals surface area contributed by atoms with Crippen LogP contribution in [0.1, 0.15) is 40.2 Å². The molecule has 1 aromatic carbocycles. The number of hydrogen-bond acceptors (Lipinski definition) is 3. The normalized spacial score (nSPS) is 12.9. The number of allylic oxidation sites excluding steroid dienone is 2. The minimum absolute atomic E-state index is 0.0288. The molecule has 1 rings (SSSR count). The highest BCUT2D eigenvalue weighted by Crippen LogP contribution is 2.39. The third-order valence-corrected chi connectivity index (χ3v) is 4.19. The summed E-state index contributed by atoms with van der Waals surface area (Å²) in [5.74, 6) is 1.33. The van der Waals surface area contributed by atoms with Gasteiger partial charge in [0.25, 0.3) is 0 Å². The van der Waals surface area contributed by atoms with Gasteiger partial charge in [0.15, 0.2) is 0 Å². The summed E-state index contributed by atoms with van der Waals surface area (Å²) in [7, 11) is 0. The van der Waals surface area contributed by atoms with Gasteiger partial charge in [0.2, 0.25) is 0 Å². The fourth-order valence-corrected chi connectivity index (χ4v) is 3.02. The number of ether oxygens (including phenoxy) is 1. The first-order valence-corrected chi connectivity index (χ1v) is 7.36. The third kappa shape index (κ3) is 5.52. The topological polar surface area (TPSA) is 26.3 Å². The first kappa shape index (κ1) is 15.8. The molecule has 0 heterocycles. The first-order chi connectivity index (χ1) is 8.80. The van der Waals surface area contributed by atoms with Crippen molar-refractivity contribution < 1.29 is 9.53 Å². The van der Waals surface area contributed by atoms with Crippen LogP contribution in [0.3, 0.4) is 0 Å². The van der Waals surface area contributed by atoms with Crippen LogP contribution in [0.15, 0.2) is 41.0 Å². The van der Waals surface area contributed by atoms with Crippen molar-refractivity contribution in [3.05, 3.63) is 46.6 Å². The van der Waals surface area contributed by atoms with Crippen molar-refractivity contribution in [2.24, 2.45) is 5.41 Å². The molecule has 0 fully saturated rings. The molecule has 104 valence electrons. The van der Waals surface area contributed by atoms with Gasteiger partial charge in [0.05, 0.1) is 0 Å². The van der Waals surface area contributed by atoms with E-state index in [9.17, 15) is 4.79 Å². The first-order valence-electron chi connectivity index (χ1n) is 6.37. The molecule has 0 radical (unpaired) electrons. The van der Waals surface area contributed by atoms with E-state index < -0.39 is 0 Å². The van der Waals surface area contributed by atoms with Crippen molar-refractivity contribution in [2.75, 3.05) is 0 Å². The molecule has 1 aromatic rings. The fourth-order valence-electron chi connectivity index (χ4n) is 1.84. The van der Waals surface area contributed by atoms with Crippen molar-refractivity contribution in [2.45, 2.75) is 40.4 Å². The molecule has 0 aliphatic heterocycles. The van der Waals surface area contributed by atoms with Crippen LogP contribution >= 0.6 is 11.8 Å². The lowest BCUT2D eigenvalue weighted by atomic mass is 9.95. The van der Waals surface area contributed by atoms with Crippen molar-refractivity contribution in [3.63, 3.8) is 0 Å². The molecule has 0 unspecified atom stereocenters. The number of benzene rings is 1. The van der Waals surface area contributed by atoms with Gasteiger partial charge in [0, 0.05) is 17.6 Å². The second-order valence-electron chi connectivity index (χ2n) is 5.50. The quantitative estimate of drug-likeness (QED) is 0.586. The molecule has 0 saturated heterocycles. The number of thioether (sulfide) groups is 1. The van der Waals surface area contributed by atoms with Gasteiger partial charge in [-0.3, -0.25) is 4.79 Å². The molecule has 0 spiro atoms. The number of esters is 1. The van der Waals surface area contributed by atoms with Crippen molar-refractivity contribution in [1.82, 2.24) is 0 Å². The molecule has 0 bridgehead atoms. The monoisotopic (exact) mass is 278 g/mol. The molecule has 0 amide bonds. The van der Waals surface area contributed by atoms with E-state index in [0.717, 1.165) is 10.7 Å². The van der Waals surface area contributed by atoms with Gasteiger partial charge in [-0.25, -0.2) is 0 Å².